The first-order chi connectivity index (χ1) is 9.41. The standard InChI is InChI=1S/C18H32O/c1-2-3-4-5-6-7-8-9-10-11-12-13-14-15-16-17-18-19/h5-10,19H,2-4,11-18H2,1H3/b6-5-,8-7+,10-9-. The quantitative estimate of drug-likeness (QED) is 0.340. The maximum atomic E-state index is 8.65. The highest BCUT2D eigenvalue weighted by atomic mass is 16.2. The summed E-state index contributed by atoms with van der Waals surface area (Å²) in [5.74, 6) is 0. The molecule has 0 aliphatic rings. The molecule has 0 aliphatic heterocycles. The van der Waals surface area contributed by atoms with Crippen molar-refractivity contribution >= 4 is 0 Å². The zero-order valence-corrected chi connectivity index (χ0v) is 12.7. The Morgan fingerprint density at radius 3 is 1.74 bits per heavy atom. The lowest BCUT2D eigenvalue weighted by Crippen LogP contribution is -1.83. The van der Waals surface area contributed by atoms with Gasteiger partial charge in [0, 0.05) is 6.61 Å². The zero-order valence-electron chi connectivity index (χ0n) is 12.7. The molecule has 0 aromatic heterocycles. The first-order valence-electron chi connectivity index (χ1n) is 8.01. The van der Waals surface area contributed by atoms with Crippen LogP contribution in [0.15, 0.2) is 36.5 Å². The number of aliphatic hydroxyl groups is 1. The molecule has 0 atom stereocenters. The Bertz CT molecular complexity index is 238. The Labute approximate surface area is 120 Å². The largest absolute Gasteiger partial charge is 0.396 e. The molecule has 19 heavy (non-hydrogen) atoms. The molecule has 0 aromatic rings. The molecule has 110 valence electrons. The summed E-state index contributed by atoms with van der Waals surface area (Å²) in [6, 6.07) is 0. The minimum atomic E-state index is 0.349. The molecule has 0 aliphatic carbocycles. The van der Waals surface area contributed by atoms with Crippen LogP contribution in [0.5, 0.6) is 0 Å². The molecule has 1 nitrogen and oxygen atoms in total. The van der Waals surface area contributed by atoms with Gasteiger partial charge in [0.2, 0.25) is 0 Å². The summed E-state index contributed by atoms with van der Waals surface area (Å²) in [6.07, 6.45) is 25.3. The van der Waals surface area contributed by atoms with Crippen molar-refractivity contribution in [3.63, 3.8) is 0 Å². The van der Waals surface area contributed by atoms with Gasteiger partial charge in [-0.1, -0.05) is 81.9 Å². The first kappa shape index (κ1) is 18.2. The van der Waals surface area contributed by atoms with Crippen LogP contribution in [-0.2, 0) is 0 Å². The topological polar surface area (TPSA) is 20.2 Å². The van der Waals surface area contributed by atoms with Gasteiger partial charge in [0.05, 0.1) is 0 Å². The van der Waals surface area contributed by atoms with Gasteiger partial charge in [-0.2, -0.15) is 0 Å². The third-order valence-electron chi connectivity index (χ3n) is 3.11. The average Bonchev–Trinajstić information content (AvgIpc) is 2.43. The number of hydrogen-bond donors (Lipinski definition) is 1. The lowest BCUT2D eigenvalue weighted by molar-refractivity contribution is 0.282. The van der Waals surface area contributed by atoms with Crippen molar-refractivity contribution in [1.82, 2.24) is 0 Å². The molecular weight excluding hydrogens is 232 g/mol. The highest BCUT2D eigenvalue weighted by molar-refractivity contribution is 5.10. The van der Waals surface area contributed by atoms with Crippen LogP contribution in [0.2, 0.25) is 0 Å². The van der Waals surface area contributed by atoms with E-state index in [0.29, 0.717) is 6.61 Å². The number of allylic oxidation sites excluding steroid dienone is 6. The van der Waals surface area contributed by atoms with Gasteiger partial charge in [-0.05, 0) is 25.7 Å². The molecule has 1 N–H and O–H groups in total. The molecule has 0 spiro atoms. The molecule has 0 rings (SSSR count). The third-order valence-corrected chi connectivity index (χ3v) is 3.11. The lowest BCUT2D eigenvalue weighted by atomic mass is 10.1. The normalized spacial score (nSPS) is 12.3. The van der Waals surface area contributed by atoms with Crippen LogP contribution >= 0.6 is 0 Å². The third kappa shape index (κ3) is 17.2. The second-order valence-electron chi connectivity index (χ2n) is 5.02. The van der Waals surface area contributed by atoms with Crippen LogP contribution < -0.4 is 0 Å². The van der Waals surface area contributed by atoms with Crippen molar-refractivity contribution in [2.24, 2.45) is 0 Å². The SMILES string of the molecule is CCCC\C=C/C=C/C=C\CCCCCCCCO. The van der Waals surface area contributed by atoms with E-state index >= 15 is 0 Å². The van der Waals surface area contributed by atoms with Crippen molar-refractivity contribution in [3.05, 3.63) is 36.5 Å². The summed E-state index contributed by atoms with van der Waals surface area (Å²) in [6.45, 7) is 2.57. The molecule has 0 fully saturated rings. The highest BCUT2D eigenvalue weighted by Gasteiger charge is 1.89. The van der Waals surface area contributed by atoms with Crippen LogP contribution in [0.25, 0.3) is 0 Å². The molecule has 0 heterocycles. The van der Waals surface area contributed by atoms with Crippen molar-refractivity contribution in [3.8, 4) is 0 Å². The average molecular weight is 264 g/mol. The fourth-order valence-corrected chi connectivity index (χ4v) is 1.88. The zero-order chi connectivity index (χ0) is 14.0. The number of rotatable bonds is 13. The van der Waals surface area contributed by atoms with Crippen molar-refractivity contribution in [2.45, 2.75) is 71.1 Å². The van der Waals surface area contributed by atoms with Gasteiger partial charge in [0.15, 0.2) is 0 Å². The second-order valence-corrected chi connectivity index (χ2v) is 5.02. The van der Waals surface area contributed by atoms with Crippen molar-refractivity contribution in [2.75, 3.05) is 6.61 Å². The predicted molar refractivity (Wildman–Crippen MR) is 86.3 cm³/mol. The van der Waals surface area contributed by atoms with E-state index in [2.05, 4.69) is 43.4 Å². The van der Waals surface area contributed by atoms with Crippen LogP contribution in [0.3, 0.4) is 0 Å². The smallest absolute Gasteiger partial charge is 0.0431 e. The maximum Gasteiger partial charge on any atom is 0.0431 e. The number of hydrogen-bond acceptors (Lipinski definition) is 1. The van der Waals surface area contributed by atoms with E-state index in [9.17, 15) is 0 Å². The second kappa shape index (κ2) is 17.2. The summed E-state index contributed by atoms with van der Waals surface area (Å²) >= 11 is 0. The minimum Gasteiger partial charge on any atom is -0.396 e. The summed E-state index contributed by atoms with van der Waals surface area (Å²) in [5.41, 5.74) is 0. The summed E-state index contributed by atoms with van der Waals surface area (Å²) in [5, 5.41) is 8.65. The maximum absolute atomic E-state index is 8.65. The van der Waals surface area contributed by atoms with E-state index in [-0.39, 0.29) is 0 Å². The Kier molecular flexibility index (Phi) is 16.4. The van der Waals surface area contributed by atoms with E-state index < -0.39 is 0 Å². The van der Waals surface area contributed by atoms with Gasteiger partial charge in [-0.25, -0.2) is 0 Å². The Morgan fingerprint density at radius 1 is 0.632 bits per heavy atom. The Hall–Kier alpha value is -0.820. The van der Waals surface area contributed by atoms with Crippen LogP contribution in [0.1, 0.15) is 71.1 Å². The Balaban J connectivity index is 3.24. The van der Waals surface area contributed by atoms with E-state index in [1.165, 1.54) is 57.8 Å². The van der Waals surface area contributed by atoms with Gasteiger partial charge in [-0.3, -0.25) is 0 Å². The fourth-order valence-electron chi connectivity index (χ4n) is 1.88. The van der Waals surface area contributed by atoms with Crippen LogP contribution in [-0.4, -0.2) is 11.7 Å². The summed E-state index contributed by atoms with van der Waals surface area (Å²) < 4.78 is 0. The van der Waals surface area contributed by atoms with E-state index in [1.54, 1.807) is 0 Å². The minimum absolute atomic E-state index is 0.349. The Morgan fingerprint density at radius 2 is 1.16 bits per heavy atom. The molecular formula is C18H32O. The predicted octanol–water partition coefficient (Wildman–Crippen LogP) is 5.57. The molecule has 0 bridgehead atoms. The molecule has 1 heteroatoms. The lowest BCUT2D eigenvalue weighted by Gasteiger charge is -1.98. The van der Waals surface area contributed by atoms with E-state index in [4.69, 9.17) is 5.11 Å². The fraction of sp³-hybridized carbons (Fsp3) is 0.667. The van der Waals surface area contributed by atoms with Crippen LogP contribution in [0.4, 0.5) is 0 Å². The monoisotopic (exact) mass is 264 g/mol. The molecule has 0 saturated carbocycles. The van der Waals surface area contributed by atoms with Gasteiger partial charge in [-0.15, -0.1) is 0 Å². The molecule has 0 aromatic carbocycles. The van der Waals surface area contributed by atoms with Gasteiger partial charge in [0.25, 0.3) is 0 Å². The molecule has 0 amide bonds. The summed E-state index contributed by atoms with van der Waals surface area (Å²) in [7, 11) is 0. The van der Waals surface area contributed by atoms with E-state index in [1.807, 2.05) is 0 Å². The van der Waals surface area contributed by atoms with E-state index in [0.717, 1.165) is 6.42 Å². The molecule has 0 saturated heterocycles. The van der Waals surface area contributed by atoms with Crippen molar-refractivity contribution < 1.29 is 5.11 Å². The molecule has 0 unspecified atom stereocenters. The van der Waals surface area contributed by atoms with Crippen molar-refractivity contribution in [1.29, 1.82) is 0 Å². The van der Waals surface area contributed by atoms with Gasteiger partial charge < -0.3 is 5.11 Å². The van der Waals surface area contributed by atoms with Gasteiger partial charge in [0.1, 0.15) is 0 Å². The first-order valence-corrected chi connectivity index (χ1v) is 8.01. The van der Waals surface area contributed by atoms with Gasteiger partial charge >= 0.3 is 0 Å². The molecule has 0 radical (unpaired) electrons. The highest BCUT2D eigenvalue weighted by Crippen LogP contribution is 2.07. The summed E-state index contributed by atoms with van der Waals surface area (Å²) in [4.78, 5) is 0. The number of aliphatic hydroxyl groups excluding tert-OH is 1. The van der Waals surface area contributed by atoms with Crippen LogP contribution in [0, 0.1) is 0 Å². The number of unbranched alkanes of at least 4 members (excludes halogenated alkanes) is 8.